The first-order valence-electron chi connectivity index (χ1n) is 11.3. The summed E-state index contributed by atoms with van der Waals surface area (Å²) >= 11 is 0. The average molecular weight is 450 g/mol. The number of fused-ring (bicyclic) bond motifs is 3. The highest BCUT2D eigenvalue weighted by atomic mass is 19.1. The number of nitrogens with zero attached hydrogens (tertiary/aromatic N) is 2. The highest BCUT2D eigenvalue weighted by molar-refractivity contribution is 6.15. The SMILES string of the molecule is [C-]#[N+]c1ccc2c(oc3c(-c4cc(F)c(C(C)(C)C)c[n+]4C)c(C)ccc32)c1-c1ccccc1. The molecule has 5 aromatic rings. The molecule has 168 valence electrons. The fourth-order valence-electron chi connectivity index (χ4n) is 4.71. The van der Waals surface area contributed by atoms with Crippen LogP contribution in [-0.4, -0.2) is 0 Å². The van der Waals surface area contributed by atoms with Gasteiger partial charge in [0.2, 0.25) is 5.69 Å². The van der Waals surface area contributed by atoms with Gasteiger partial charge < -0.3 is 4.42 Å². The molecule has 0 spiro atoms. The van der Waals surface area contributed by atoms with Gasteiger partial charge in [-0.05, 0) is 23.5 Å². The van der Waals surface area contributed by atoms with Crippen molar-refractivity contribution in [2.45, 2.75) is 33.1 Å². The molecule has 3 nitrogen and oxygen atoms in total. The number of hydrogen-bond donors (Lipinski definition) is 0. The number of furan rings is 1. The lowest BCUT2D eigenvalue weighted by molar-refractivity contribution is -0.661. The standard InChI is InChI=1S/C30H26FN2O/c1-18-12-13-20-21-14-15-24(32-5)27(19-10-8-7-9-11-19)29(21)34-28(20)26(18)25-16-23(31)22(17-33(25)6)30(2,3)4/h7-17H,1-4,6H3/q+1. The molecule has 2 heterocycles. The van der Waals surface area contributed by atoms with Crippen molar-refractivity contribution in [3.63, 3.8) is 0 Å². The van der Waals surface area contributed by atoms with E-state index in [-0.39, 0.29) is 11.2 Å². The molecule has 0 fully saturated rings. The van der Waals surface area contributed by atoms with E-state index in [1.165, 1.54) is 0 Å². The van der Waals surface area contributed by atoms with E-state index in [0.717, 1.165) is 38.7 Å². The van der Waals surface area contributed by atoms with E-state index in [2.05, 4.69) is 4.85 Å². The number of rotatable bonds is 2. The van der Waals surface area contributed by atoms with Gasteiger partial charge in [-0.25, -0.2) is 13.8 Å². The minimum Gasteiger partial charge on any atom is -0.456 e. The molecule has 34 heavy (non-hydrogen) atoms. The third-order valence-electron chi connectivity index (χ3n) is 6.47. The van der Waals surface area contributed by atoms with Gasteiger partial charge in [-0.15, -0.1) is 0 Å². The summed E-state index contributed by atoms with van der Waals surface area (Å²) < 4.78 is 23.8. The quantitative estimate of drug-likeness (QED) is 0.197. The highest BCUT2D eigenvalue weighted by Crippen LogP contribution is 2.44. The molecule has 4 heteroatoms. The Balaban J connectivity index is 1.87. The van der Waals surface area contributed by atoms with Gasteiger partial charge in [-0.3, -0.25) is 0 Å². The second-order valence-electron chi connectivity index (χ2n) is 9.83. The fourth-order valence-corrected chi connectivity index (χ4v) is 4.71. The Morgan fingerprint density at radius 2 is 1.56 bits per heavy atom. The van der Waals surface area contributed by atoms with Crippen molar-refractivity contribution >= 4 is 27.6 Å². The Morgan fingerprint density at radius 1 is 0.912 bits per heavy atom. The predicted octanol–water partition coefficient (Wildman–Crippen LogP) is 8.04. The molecule has 0 aliphatic heterocycles. The van der Waals surface area contributed by atoms with E-state index in [1.54, 1.807) is 6.07 Å². The molecule has 0 aliphatic carbocycles. The number of benzene rings is 3. The van der Waals surface area contributed by atoms with Crippen LogP contribution in [-0.2, 0) is 12.5 Å². The van der Waals surface area contributed by atoms with Crippen molar-refractivity contribution in [2.75, 3.05) is 0 Å². The molecule has 0 atom stereocenters. The van der Waals surface area contributed by atoms with Gasteiger partial charge in [0.1, 0.15) is 24.0 Å². The molecule has 0 amide bonds. The van der Waals surface area contributed by atoms with Crippen LogP contribution in [0.2, 0.25) is 0 Å². The zero-order valence-corrected chi connectivity index (χ0v) is 20.0. The molecular weight excluding hydrogens is 423 g/mol. The second kappa shape index (κ2) is 7.81. The molecule has 0 saturated carbocycles. The Kier molecular flexibility index (Phi) is 5.02. The summed E-state index contributed by atoms with van der Waals surface area (Å²) in [6.07, 6.45) is 1.87. The largest absolute Gasteiger partial charge is 0.456 e. The lowest BCUT2D eigenvalue weighted by Gasteiger charge is -2.18. The van der Waals surface area contributed by atoms with Crippen molar-refractivity contribution in [3.8, 4) is 22.4 Å². The van der Waals surface area contributed by atoms with E-state index in [9.17, 15) is 0 Å². The summed E-state index contributed by atoms with van der Waals surface area (Å²) in [5.74, 6) is -0.228. The van der Waals surface area contributed by atoms with Crippen molar-refractivity contribution in [2.24, 2.45) is 7.05 Å². The normalized spacial score (nSPS) is 11.8. The summed E-state index contributed by atoms with van der Waals surface area (Å²) in [4.78, 5) is 3.76. The second-order valence-corrected chi connectivity index (χ2v) is 9.83. The van der Waals surface area contributed by atoms with Crippen LogP contribution < -0.4 is 4.57 Å². The molecule has 2 aromatic heterocycles. The zero-order valence-electron chi connectivity index (χ0n) is 20.0. The molecule has 0 radical (unpaired) electrons. The van der Waals surface area contributed by atoms with E-state index in [1.807, 2.05) is 100 Å². The zero-order chi connectivity index (χ0) is 24.2. The van der Waals surface area contributed by atoms with Crippen molar-refractivity contribution < 1.29 is 13.4 Å². The van der Waals surface area contributed by atoms with Crippen molar-refractivity contribution in [3.05, 3.63) is 95.2 Å². The predicted molar refractivity (Wildman–Crippen MR) is 135 cm³/mol. The first-order chi connectivity index (χ1) is 16.2. The van der Waals surface area contributed by atoms with Crippen LogP contribution in [0.3, 0.4) is 0 Å². The Bertz CT molecular complexity index is 1620. The Hall–Kier alpha value is -3.97. The Morgan fingerprint density at radius 3 is 2.21 bits per heavy atom. The van der Waals surface area contributed by atoms with Crippen LogP contribution in [0.4, 0.5) is 10.1 Å². The van der Waals surface area contributed by atoms with E-state index in [0.29, 0.717) is 22.4 Å². The third-order valence-corrected chi connectivity index (χ3v) is 6.47. The van der Waals surface area contributed by atoms with Gasteiger partial charge in [0.15, 0.2) is 11.9 Å². The number of aryl methyl sites for hydroxylation is 2. The van der Waals surface area contributed by atoms with Gasteiger partial charge in [0, 0.05) is 22.4 Å². The van der Waals surface area contributed by atoms with Gasteiger partial charge in [-0.1, -0.05) is 75.4 Å². The minimum atomic E-state index is -0.304. The van der Waals surface area contributed by atoms with Gasteiger partial charge in [0.25, 0.3) is 0 Å². The average Bonchev–Trinajstić information content (AvgIpc) is 3.18. The topological polar surface area (TPSA) is 21.4 Å². The van der Waals surface area contributed by atoms with Crippen LogP contribution in [0.1, 0.15) is 31.9 Å². The van der Waals surface area contributed by atoms with Crippen LogP contribution >= 0.6 is 0 Å². The number of pyridine rings is 1. The van der Waals surface area contributed by atoms with Gasteiger partial charge in [-0.2, -0.15) is 0 Å². The van der Waals surface area contributed by atoms with Crippen molar-refractivity contribution in [1.82, 2.24) is 0 Å². The first kappa shape index (κ1) is 21.9. The molecule has 0 unspecified atom stereocenters. The van der Waals surface area contributed by atoms with Gasteiger partial charge in [0.05, 0.1) is 17.7 Å². The summed E-state index contributed by atoms with van der Waals surface area (Å²) in [5.41, 5.74) is 6.61. The van der Waals surface area contributed by atoms with Crippen LogP contribution in [0.5, 0.6) is 0 Å². The maximum atomic E-state index is 15.3. The summed E-state index contributed by atoms with van der Waals surface area (Å²) in [6, 6.07) is 19.4. The summed E-state index contributed by atoms with van der Waals surface area (Å²) in [6.45, 7) is 15.8. The molecule has 0 N–H and O–H groups in total. The number of halogens is 1. The summed E-state index contributed by atoms with van der Waals surface area (Å²) in [5, 5.41) is 1.89. The van der Waals surface area contributed by atoms with Crippen molar-refractivity contribution in [1.29, 1.82) is 0 Å². The van der Waals surface area contributed by atoms with Crippen LogP contribution in [0.25, 0.3) is 49.2 Å². The van der Waals surface area contributed by atoms with E-state index >= 15 is 4.39 Å². The molecule has 3 aromatic carbocycles. The lowest BCUT2D eigenvalue weighted by atomic mass is 9.87. The monoisotopic (exact) mass is 449 g/mol. The number of aromatic nitrogens is 1. The Labute approximate surface area is 198 Å². The molecule has 0 aliphatic rings. The smallest absolute Gasteiger partial charge is 0.219 e. The molecule has 0 bridgehead atoms. The molecule has 0 saturated heterocycles. The van der Waals surface area contributed by atoms with Gasteiger partial charge >= 0.3 is 0 Å². The molecular formula is C30H26FN2O+. The van der Waals surface area contributed by atoms with Crippen LogP contribution in [0, 0.1) is 19.3 Å². The maximum absolute atomic E-state index is 15.3. The fraction of sp³-hybridized carbons (Fsp3) is 0.200. The first-order valence-corrected chi connectivity index (χ1v) is 11.3. The minimum absolute atomic E-state index is 0.228. The van der Waals surface area contributed by atoms with E-state index < -0.39 is 0 Å². The summed E-state index contributed by atoms with van der Waals surface area (Å²) in [7, 11) is 1.94. The maximum Gasteiger partial charge on any atom is 0.219 e. The van der Waals surface area contributed by atoms with Crippen LogP contribution in [0.15, 0.2) is 71.3 Å². The van der Waals surface area contributed by atoms with E-state index in [4.69, 9.17) is 11.0 Å². The lowest BCUT2D eigenvalue weighted by Crippen LogP contribution is -2.34. The third kappa shape index (κ3) is 3.36. The number of hydrogen-bond acceptors (Lipinski definition) is 1. The highest BCUT2D eigenvalue weighted by Gasteiger charge is 2.28. The molecule has 5 rings (SSSR count).